The van der Waals surface area contributed by atoms with Gasteiger partial charge in [0.15, 0.2) is 0 Å². The molecule has 4 heteroatoms. The average Bonchev–Trinajstić information content (AvgIpc) is 2.85. The van der Waals surface area contributed by atoms with Crippen molar-refractivity contribution < 1.29 is 8.42 Å². The minimum atomic E-state index is -3.45. The molecule has 0 radical (unpaired) electrons. The highest BCUT2D eigenvalue weighted by molar-refractivity contribution is 7.89. The summed E-state index contributed by atoms with van der Waals surface area (Å²) in [7, 11) is -3.45. The molecule has 2 unspecified atom stereocenters. The molecule has 1 aliphatic carbocycles. The van der Waals surface area contributed by atoms with Crippen molar-refractivity contribution in [3.05, 3.63) is 54.6 Å². The molecule has 4 rings (SSSR count). The van der Waals surface area contributed by atoms with Crippen molar-refractivity contribution >= 4 is 10.0 Å². The van der Waals surface area contributed by atoms with Crippen molar-refractivity contribution in [3.63, 3.8) is 0 Å². The van der Waals surface area contributed by atoms with Gasteiger partial charge in [-0.05, 0) is 53.4 Å². The number of hydrogen-bond donors (Lipinski definition) is 0. The minimum Gasteiger partial charge on any atom is -0.207 e. The number of sulfonamides is 1. The Morgan fingerprint density at radius 1 is 0.885 bits per heavy atom. The van der Waals surface area contributed by atoms with E-state index >= 15 is 0 Å². The maximum absolute atomic E-state index is 13.3. The first kappa shape index (κ1) is 17.7. The summed E-state index contributed by atoms with van der Waals surface area (Å²) >= 11 is 0. The van der Waals surface area contributed by atoms with Gasteiger partial charge in [0.2, 0.25) is 10.0 Å². The van der Waals surface area contributed by atoms with Gasteiger partial charge >= 0.3 is 0 Å². The molecule has 1 saturated heterocycles. The molecule has 2 fully saturated rings. The lowest BCUT2D eigenvalue weighted by atomic mass is 9.65. The summed E-state index contributed by atoms with van der Waals surface area (Å²) in [5, 5.41) is 0. The van der Waals surface area contributed by atoms with Crippen molar-refractivity contribution in [2.24, 2.45) is 10.8 Å². The molecule has 2 aliphatic rings. The van der Waals surface area contributed by atoms with Crippen molar-refractivity contribution in [1.82, 2.24) is 4.31 Å². The van der Waals surface area contributed by atoms with Crippen LogP contribution in [0.2, 0.25) is 0 Å². The standard InChI is InChI=1S/C22H27NO2S/c1-21(2)13-19-14-22(3,15-21)16-23(19)26(24,25)20-11-9-18(10-12-20)17-7-5-4-6-8-17/h4-12,19H,13-16H2,1-3H3. The number of nitrogens with zero attached hydrogens (tertiary/aromatic N) is 1. The summed E-state index contributed by atoms with van der Waals surface area (Å²) in [4.78, 5) is 0.408. The zero-order chi connectivity index (χ0) is 18.6. The first-order valence-electron chi connectivity index (χ1n) is 9.36. The largest absolute Gasteiger partial charge is 0.243 e. The number of hydrogen-bond acceptors (Lipinski definition) is 2. The van der Waals surface area contributed by atoms with Crippen LogP contribution < -0.4 is 0 Å². The Kier molecular flexibility index (Phi) is 4.05. The van der Waals surface area contributed by atoms with E-state index in [0.29, 0.717) is 11.4 Å². The monoisotopic (exact) mass is 369 g/mol. The number of benzene rings is 2. The maximum Gasteiger partial charge on any atom is 0.243 e. The lowest BCUT2D eigenvalue weighted by molar-refractivity contribution is 0.133. The van der Waals surface area contributed by atoms with Crippen LogP contribution in [0.5, 0.6) is 0 Å². The van der Waals surface area contributed by atoms with Gasteiger partial charge in [0.25, 0.3) is 0 Å². The summed E-state index contributed by atoms with van der Waals surface area (Å²) in [6.45, 7) is 7.42. The highest BCUT2D eigenvalue weighted by Gasteiger charge is 2.53. The van der Waals surface area contributed by atoms with E-state index in [2.05, 4.69) is 20.8 Å². The van der Waals surface area contributed by atoms with E-state index in [1.54, 1.807) is 16.4 Å². The molecule has 0 spiro atoms. The van der Waals surface area contributed by atoms with E-state index in [-0.39, 0.29) is 16.9 Å². The van der Waals surface area contributed by atoms with E-state index in [0.717, 1.165) is 30.4 Å². The van der Waals surface area contributed by atoms with Gasteiger partial charge in [0.05, 0.1) is 4.90 Å². The summed E-state index contributed by atoms with van der Waals surface area (Å²) in [5.74, 6) is 0. The van der Waals surface area contributed by atoms with Crippen LogP contribution in [0.3, 0.4) is 0 Å². The van der Waals surface area contributed by atoms with E-state index in [4.69, 9.17) is 0 Å². The summed E-state index contributed by atoms with van der Waals surface area (Å²) < 4.78 is 28.4. The summed E-state index contributed by atoms with van der Waals surface area (Å²) in [6.07, 6.45) is 3.02. The first-order chi connectivity index (χ1) is 12.2. The van der Waals surface area contributed by atoms with Crippen molar-refractivity contribution in [2.45, 2.75) is 51.0 Å². The van der Waals surface area contributed by atoms with Crippen LogP contribution in [-0.4, -0.2) is 25.3 Å². The normalized spacial score (nSPS) is 28.2. The van der Waals surface area contributed by atoms with E-state index < -0.39 is 10.0 Å². The smallest absolute Gasteiger partial charge is 0.207 e. The SMILES string of the molecule is CC1(C)CC2CC(C)(CN2S(=O)(=O)c2ccc(-c3ccccc3)cc2)C1. The van der Waals surface area contributed by atoms with Gasteiger partial charge in [0, 0.05) is 12.6 Å². The van der Waals surface area contributed by atoms with E-state index in [9.17, 15) is 8.42 Å². The number of rotatable bonds is 3. The first-order valence-corrected chi connectivity index (χ1v) is 10.8. The molecule has 0 N–H and O–H groups in total. The molecular formula is C22H27NO2S. The van der Waals surface area contributed by atoms with Gasteiger partial charge in [-0.15, -0.1) is 0 Å². The van der Waals surface area contributed by atoms with Crippen LogP contribution in [0.1, 0.15) is 40.0 Å². The van der Waals surface area contributed by atoms with Crippen LogP contribution in [0.15, 0.2) is 59.5 Å². The second-order valence-electron chi connectivity index (χ2n) is 9.15. The lowest BCUT2D eigenvalue weighted by Crippen LogP contribution is -2.37. The van der Waals surface area contributed by atoms with Gasteiger partial charge in [-0.2, -0.15) is 4.31 Å². The van der Waals surface area contributed by atoms with Crippen LogP contribution >= 0.6 is 0 Å². The van der Waals surface area contributed by atoms with Crippen LogP contribution in [0.4, 0.5) is 0 Å². The quantitative estimate of drug-likeness (QED) is 0.768. The molecule has 26 heavy (non-hydrogen) atoms. The maximum atomic E-state index is 13.3. The fourth-order valence-corrected chi connectivity index (χ4v) is 7.05. The zero-order valence-electron chi connectivity index (χ0n) is 15.8. The van der Waals surface area contributed by atoms with Crippen LogP contribution in [0, 0.1) is 10.8 Å². The predicted molar refractivity (Wildman–Crippen MR) is 105 cm³/mol. The van der Waals surface area contributed by atoms with Gasteiger partial charge in [0.1, 0.15) is 0 Å². The Hall–Kier alpha value is -1.65. The van der Waals surface area contributed by atoms with Crippen molar-refractivity contribution in [1.29, 1.82) is 0 Å². The Balaban J connectivity index is 1.63. The van der Waals surface area contributed by atoms with Crippen molar-refractivity contribution in [2.75, 3.05) is 6.54 Å². The fourth-order valence-electron chi connectivity index (χ4n) is 5.27. The Labute approximate surface area is 157 Å². The van der Waals surface area contributed by atoms with E-state index in [1.165, 1.54) is 0 Å². The lowest BCUT2D eigenvalue weighted by Gasteiger charge is -2.39. The van der Waals surface area contributed by atoms with Crippen molar-refractivity contribution in [3.8, 4) is 11.1 Å². The zero-order valence-corrected chi connectivity index (χ0v) is 16.6. The molecule has 3 nitrogen and oxygen atoms in total. The second kappa shape index (κ2) is 5.93. The van der Waals surface area contributed by atoms with E-state index in [1.807, 2.05) is 42.5 Å². The minimum absolute atomic E-state index is 0.101. The summed E-state index contributed by atoms with van der Waals surface area (Å²) in [5.41, 5.74) is 2.45. The Morgan fingerprint density at radius 2 is 1.50 bits per heavy atom. The topological polar surface area (TPSA) is 37.4 Å². The highest BCUT2D eigenvalue weighted by atomic mass is 32.2. The Morgan fingerprint density at radius 3 is 2.15 bits per heavy atom. The summed E-state index contributed by atoms with van der Waals surface area (Å²) in [6, 6.07) is 17.5. The molecule has 138 valence electrons. The fraction of sp³-hybridized carbons (Fsp3) is 0.455. The third-order valence-corrected chi connectivity index (χ3v) is 7.85. The second-order valence-corrected chi connectivity index (χ2v) is 11.0. The molecule has 0 amide bonds. The third-order valence-electron chi connectivity index (χ3n) is 5.93. The average molecular weight is 370 g/mol. The molecule has 1 saturated carbocycles. The molecule has 2 bridgehead atoms. The van der Waals surface area contributed by atoms with Crippen LogP contribution in [0.25, 0.3) is 11.1 Å². The van der Waals surface area contributed by atoms with Crippen LogP contribution in [-0.2, 0) is 10.0 Å². The van der Waals surface area contributed by atoms with Gasteiger partial charge in [-0.25, -0.2) is 8.42 Å². The Bertz CT molecular complexity index is 903. The molecule has 0 aromatic heterocycles. The molecule has 2 aromatic rings. The molecule has 2 atom stereocenters. The third kappa shape index (κ3) is 3.10. The molecule has 1 heterocycles. The molecular weight excluding hydrogens is 342 g/mol. The van der Waals surface area contributed by atoms with Gasteiger partial charge in [-0.1, -0.05) is 63.2 Å². The highest BCUT2D eigenvalue weighted by Crippen LogP contribution is 2.53. The van der Waals surface area contributed by atoms with Gasteiger partial charge in [-0.3, -0.25) is 0 Å². The number of fused-ring (bicyclic) bond motifs is 2. The molecule has 2 aromatic carbocycles. The van der Waals surface area contributed by atoms with Gasteiger partial charge < -0.3 is 0 Å². The molecule has 1 aliphatic heterocycles. The predicted octanol–water partition coefficient (Wildman–Crippen LogP) is 4.94.